The van der Waals surface area contributed by atoms with Gasteiger partial charge in [0.15, 0.2) is 5.65 Å². The molecule has 0 atom stereocenters. The zero-order valence-corrected chi connectivity index (χ0v) is 11.7. The van der Waals surface area contributed by atoms with Crippen LogP contribution in [-0.4, -0.2) is 24.8 Å². The zero-order chi connectivity index (χ0) is 14.8. The van der Waals surface area contributed by atoms with Crippen molar-refractivity contribution in [3.8, 4) is 0 Å². The van der Waals surface area contributed by atoms with E-state index in [-0.39, 0.29) is 5.56 Å². The van der Waals surface area contributed by atoms with E-state index in [2.05, 4.69) is 15.4 Å². The van der Waals surface area contributed by atoms with Crippen LogP contribution in [0, 0.1) is 0 Å². The van der Waals surface area contributed by atoms with Crippen LogP contribution in [-0.2, 0) is 20.0 Å². The summed E-state index contributed by atoms with van der Waals surface area (Å²) >= 11 is 0. The van der Waals surface area contributed by atoms with E-state index in [0.717, 1.165) is 18.5 Å². The average molecular weight is 284 g/mol. The molecule has 0 aliphatic rings. The first-order chi connectivity index (χ1) is 10.1. The van der Waals surface area contributed by atoms with Crippen LogP contribution in [0.4, 0.5) is 5.69 Å². The minimum atomic E-state index is -0.148. The fourth-order valence-electron chi connectivity index (χ4n) is 2.24. The van der Waals surface area contributed by atoms with Crippen LogP contribution >= 0.6 is 0 Å². The molecule has 0 saturated heterocycles. The number of hydrogen-bond acceptors (Lipinski definition) is 5. The largest absolute Gasteiger partial charge is 0.399 e. The molecule has 0 amide bonds. The smallest absolute Gasteiger partial charge is 0.280 e. The van der Waals surface area contributed by atoms with Crippen molar-refractivity contribution in [2.24, 2.45) is 7.05 Å². The molecule has 2 N–H and O–H groups in total. The maximum absolute atomic E-state index is 12.2. The van der Waals surface area contributed by atoms with E-state index in [1.54, 1.807) is 11.7 Å². The van der Waals surface area contributed by atoms with Gasteiger partial charge in [-0.15, -0.1) is 5.10 Å². The Bertz CT molecular complexity index is 818. The summed E-state index contributed by atoms with van der Waals surface area (Å²) < 4.78 is 2.93. The van der Waals surface area contributed by atoms with Crippen LogP contribution in [0.2, 0.25) is 0 Å². The third-order valence-corrected chi connectivity index (χ3v) is 3.43. The second-order valence-electron chi connectivity index (χ2n) is 4.97. The molecule has 3 rings (SSSR count). The molecule has 0 saturated carbocycles. The standard InChI is InChI=1S/C14H16N6O/c1-19-13-12(9-16-19)14(21)20(18-17-13)8-2-3-10-4-6-11(15)7-5-10/h4-7,9H,2-3,8,15H2,1H3. The summed E-state index contributed by atoms with van der Waals surface area (Å²) in [6, 6.07) is 7.74. The molecule has 0 radical (unpaired) electrons. The maximum Gasteiger partial charge on any atom is 0.280 e. The van der Waals surface area contributed by atoms with Crippen molar-refractivity contribution in [1.82, 2.24) is 24.8 Å². The van der Waals surface area contributed by atoms with Crippen molar-refractivity contribution in [1.29, 1.82) is 0 Å². The third-order valence-electron chi connectivity index (χ3n) is 3.43. The van der Waals surface area contributed by atoms with E-state index in [9.17, 15) is 4.79 Å². The number of anilines is 1. The van der Waals surface area contributed by atoms with Crippen LogP contribution in [0.15, 0.2) is 35.3 Å². The second kappa shape index (κ2) is 5.35. The predicted molar refractivity (Wildman–Crippen MR) is 79.7 cm³/mol. The number of aryl methyl sites for hydroxylation is 3. The number of nitrogen functional groups attached to an aromatic ring is 1. The topological polar surface area (TPSA) is 91.6 Å². The minimum absolute atomic E-state index is 0.148. The molecule has 0 bridgehead atoms. The van der Waals surface area contributed by atoms with Crippen molar-refractivity contribution in [3.05, 3.63) is 46.4 Å². The molecule has 0 spiro atoms. The molecule has 21 heavy (non-hydrogen) atoms. The molecule has 7 heteroatoms. The first kappa shape index (κ1) is 13.3. The molecule has 1 aromatic carbocycles. The highest BCUT2D eigenvalue weighted by atomic mass is 16.1. The van der Waals surface area contributed by atoms with Gasteiger partial charge in [-0.2, -0.15) is 5.10 Å². The van der Waals surface area contributed by atoms with Gasteiger partial charge in [-0.25, -0.2) is 9.36 Å². The van der Waals surface area contributed by atoms with Gasteiger partial charge in [0.2, 0.25) is 0 Å². The number of hydrogen-bond donors (Lipinski definition) is 1. The Balaban J connectivity index is 1.72. The Hall–Kier alpha value is -2.70. The highest BCUT2D eigenvalue weighted by molar-refractivity contribution is 5.72. The van der Waals surface area contributed by atoms with Crippen LogP contribution in [0.1, 0.15) is 12.0 Å². The fourth-order valence-corrected chi connectivity index (χ4v) is 2.24. The summed E-state index contributed by atoms with van der Waals surface area (Å²) in [5.41, 5.74) is 7.95. The molecule has 3 aromatic rings. The molecule has 0 aliphatic heterocycles. The van der Waals surface area contributed by atoms with E-state index < -0.39 is 0 Å². The highest BCUT2D eigenvalue weighted by Crippen LogP contribution is 2.08. The van der Waals surface area contributed by atoms with Gasteiger partial charge in [-0.05, 0) is 30.5 Å². The Labute approximate surface area is 121 Å². The molecule has 0 unspecified atom stereocenters. The van der Waals surface area contributed by atoms with Gasteiger partial charge in [0, 0.05) is 19.3 Å². The first-order valence-electron chi connectivity index (χ1n) is 6.75. The lowest BCUT2D eigenvalue weighted by Gasteiger charge is -2.04. The monoisotopic (exact) mass is 284 g/mol. The Morgan fingerprint density at radius 2 is 2.00 bits per heavy atom. The van der Waals surface area contributed by atoms with Gasteiger partial charge >= 0.3 is 0 Å². The molecule has 0 aliphatic carbocycles. The molecule has 0 fully saturated rings. The van der Waals surface area contributed by atoms with Crippen LogP contribution in [0.5, 0.6) is 0 Å². The molecular weight excluding hydrogens is 268 g/mol. The normalized spacial score (nSPS) is 11.1. The van der Waals surface area contributed by atoms with Crippen molar-refractivity contribution < 1.29 is 0 Å². The fraction of sp³-hybridized carbons (Fsp3) is 0.286. The average Bonchev–Trinajstić information content (AvgIpc) is 2.86. The quantitative estimate of drug-likeness (QED) is 0.713. The SMILES string of the molecule is Cn1ncc2c(=O)n(CCCc3ccc(N)cc3)nnc21. The molecule has 2 aromatic heterocycles. The Morgan fingerprint density at radius 1 is 1.24 bits per heavy atom. The minimum Gasteiger partial charge on any atom is -0.399 e. The lowest BCUT2D eigenvalue weighted by Crippen LogP contribution is -2.24. The van der Waals surface area contributed by atoms with Crippen LogP contribution in [0.3, 0.4) is 0 Å². The highest BCUT2D eigenvalue weighted by Gasteiger charge is 2.09. The Kier molecular flexibility index (Phi) is 3.39. The predicted octanol–water partition coefficient (Wildman–Crippen LogP) is 0.740. The molecule has 108 valence electrons. The van der Waals surface area contributed by atoms with E-state index in [1.807, 2.05) is 24.3 Å². The summed E-state index contributed by atoms with van der Waals surface area (Å²) in [6.07, 6.45) is 3.20. The molecular formula is C14H16N6O. The number of rotatable bonds is 4. The number of benzene rings is 1. The van der Waals surface area contributed by atoms with Crippen LogP contribution < -0.4 is 11.3 Å². The van der Waals surface area contributed by atoms with Gasteiger partial charge in [-0.1, -0.05) is 17.3 Å². The van der Waals surface area contributed by atoms with Crippen molar-refractivity contribution in [2.75, 3.05) is 5.73 Å². The van der Waals surface area contributed by atoms with Crippen LogP contribution in [0.25, 0.3) is 11.0 Å². The number of nitrogens with two attached hydrogens (primary N) is 1. The maximum atomic E-state index is 12.2. The van der Waals surface area contributed by atoms with Crippen molar-refractivity contribution in [2.45, 2.75) is 19.4 Å². The summed E-state index contributed by atoms with van der Waals surface area (Å²) in [4.78, 5) is 12.2. The number of fused-ring (bicyclic) bond motifs is 1. The summed E-state index contributed by atoms with van der Waals surface area (Å²) in [5.74, 6) is 0. The molecule has 7 nitrogen and oxygen atoms in total. The van der Waals surface area contributed by atoms with Gasteiger partial charge in [-0.3, -0.25) is 4.79 Å². The van der Waals surface area contributed by atoms with E-state index in [0.29, 0.717) is 17.6 Å². The summed E-state index contributed by atoms with van der Waals surface area (Å²) in [5, 5.41) is 12.5. The number of aromatic nitrogens is 5. The molecule has 2 heterocycles. The lowest BCUT2D eigenvalue weighted by molar-refractivity contribution is 0.523. The van der Waals surface area contributed by atoms with Gasteiger partial charge in [0.25, 0.3) is 5.56 Å². The summed E-state index contributed by atoms with van der Waals surface area (Å²) in [7, 11) is 1.74. The lowest BCUT2D eigenvalue weighted by atomic mass is 10.1. The van der Waals surface area contributed by atoms with E-state index in [4.69, 9.17) is 5.73 Å². The number of nitrogens with zero attached hydrogens (tertiary/aromatic N) is 5. The first-order valence-corrected chi connectivity index (χ1v) is 6.75. The zero-order valence-electron chi connectivity index (χ0n) is 11.7. The third kappa shape index (κ3) is 2.62. The summed E-state index contributed by atoms with van der Waals surface area (Å²) in [6.45, 7) is 0.529. The van der Waals surface area contributed by atoms with Gasteiger partial charge in [0.1, 0.15) is 5.39 Å². The van der Waals surface area contributed by atoms with E-state index >= 15 is 0 Å². The second-order valence-corrected chi connectivity index (χ2v) is 4.97. The van der Waals surface area contributed by atoms with E-state index in [1.165, 1.54) is 16.4 Å². The Morgan fingerprint density at radius 3 is 2.76 bits per heavy atom. The van der Waals surface area contributed by atoms with Crippen molar-refractivity contribution >= 4 is 16.7 Å². The van der Waals surface area contributed by atoms with Crippen molar-refractivity contribution in [3.63, 3.8) is 0 Å². The van der Waals surface area contributed by atoms with Gasteiger partial charge in [0.05, 0.1) is 6.20 Å². The van der Waals surface area contributed by atoms with Gasteiger partial charge < -0.3 is 5.73 Å².